The lowest BCUT2D eigenvalue weighted by Gasteiger charge is -2.00. The Morgan fingerprint density at radius 2 is 1.35 bits per heavy atom. The highest BCUT2D eigenvalue weighted by molar-refractivity contribution is 7.89. The number of fused-ring (bicyclic) bond motifs is 1. The van der Waals surface area contributed by atoms with Gasteiger partial charge in [-0.1, -0.05) is 48.5 Å². The molecule has 3 rings (SSSR count). The van der Waals surface area contributed by atoms with Crippen LogP contribution in [0.15, 0.2) is 77.7 Å². The van der Waals surface area contributed by atoms with Crippen molar-refractivity contribution in [3.8, 4) is 0 Å². The number of carbonyl (C=O) groups is 1. The fourth-order valence-corrected chi connectivity index (χ4v) is 2.50. The Hall–Kier alpha value is -2.70. The molecule has 0 fully saturated rings. The number of carbonyl (C=O) groups excluding carboxylic acids is 1. The Balaban J connectivity index is 0.000000185. The van der Waals surface area contributed by atoms with E-state index < -0.39 is 10.0 Å². The van der Waals surface area contributed by atoms with Crippen LogP contribution < -0.4 is 10.9 Å². The fraction of sp³-hybridized carbons (Fsp3) is 0. The summed E-state index contributed by atoms with van der Waals surface area (Å²) in [6.07, 6.45) is 0. The second kappa shape index (κ2) is 7.04. The molecular weight excluding hydrogens is 312 g/mol. The van der Waals surface area contributed by atoms with Crippen molar-refractivity contribution in [2.75, 3.05) is 0 Å². The monoisotopic (exact) mass is 328 g/mol. The molecule has 0 saturated heterocycles. The molecule has 1 amide bonds. The number of benzene rings is 3. The maximum atomic E-state index is 11.1. The maximum Gasteiger partial charge on any atom is 0.248 e. The molecule has 0 radical (unpaired) electrons. The Morgan fingerprint density at radius 1 is 0.783 bits per heavy atom. The zero-order valence-corrected chi connectivity index (χ0v) is 13.0. The van der Waals surface area contributed by atoms with Crippen molar-refractivity contribution < 1.29 is 13.2 Å². The van der Waals surface area contributed by atoms with Crippen LogP contribution in [0.25, 0.3) is 10.8 Å². The van der Waals surface area contributed by atoms with Crippen molar-refractivity contribution in [2.45, 2.75) is 4.90 Å². The van der Waals surface area contributed by atoms with E-state index in [0.717, 1.165) is 10.8 Å². The smallest absolute Gasteiger partial charge is 0.248 e. The van der Waals surface area contributed by atoms with Crippen LogP contribution in [-0.4, -0.2) is 14.3 Å². The van der Waals surface area contributed by atoms with E-state index in [1.165, 1.54) is 6.07 Å². The fourth-order valence-electron chi connectivity index (χ4n) is 1.95. The Labute approximate surface area is 134 Å². The zero-order valence-electron chi connectivity index (χ0n) is 12.2. The Morgan fingerprint density at radius 3 is 1.87 bits per heavy atom. The molecular formula is C17H16N2O3S. The number of primary sulfonamides is 1. The van der Waals surface area contributed by atoms with E-state index in [2.05, 4.69) is 0 Å². The summed E-state index contributed by atoms with van der Waals surface area (Å²) in [5.41, 5.74) is 5.53. The molecule has 4 N–H and O–H groups in total. The van der Waals surface area contributed by atoms with Crippen LogP contribution in [0.3, 0.4) is 0 Å². The van der Waals surface area contributed by atoms with Crippen molar-refractivity contribution in [2.24, 2.45) is 10.9 Å². The third kappa shape index (κ3) is 4.64. The zero-order chi connectivity index (χ0) is 16.9. The largest absolute Gasteiger partial charge is 0.366 e. The van der Waals surface area contributed by atoms with E-state index >= 15 is 0 Å². The molecule has 0 atom stereocenters. The van der Waals surface area contributed by atoms with Gasteiger partial charge in [0, 0.05) is 5.56 Å². The number of primary amides is 1. The van der Waals surface area contributed by atoms with Crippen LogP contribution in [0.5, 0.6) is 0 Å². The van der Waals surface area contributed by atoms with Crippen molar-refractivity contribution in [1.29, 1.82) is 0 Å². The first-order chi connectivity index (χ1) is 10.9. The third-order valence-corrected chi connectivity index (χ3v) is 4.02. The maximum absolute atomic E-state index is 11.1. The molecule has 6 heteroatoms. The molecule has 23 heavy (non-hydrogen) atoms. The van der Waals surface area contributed by atoms with Crippen molar-refractivity contribution >= 4 is 26.7 Å². The van der Waals surface area contributed by atoms with Gasteiger partial charge in [-0.05, 0) is 35.0 Å². The third-order valence-electron chi connectivity index (χ3n) is 3.11. The van der Waals surface area contributed by atoms with Gasteiger partial charge in [0.15, 0.2) is 0 Å². The minimum atomic E-state index is -3.59. The molecule has 0 unspecified atom stereocenters. The van der Waals surface area contributed by atoms with Crippen LogP contribution in [-0.2, 0) is 10.0 Å². The number of hydrogen-bond acceptors (Lipinski definition) is 3. The Bertz CT molecular complexity index is 923. The summed E-state index contributed by atoms with van der Waals surface area (Å²) in [6, 6.07) is 21.1. The van der Waals surface area contributed by atoms with Gasteiger partial charge in [-0.2, -0.15) is 0 Å². The minimum absolute atomic E-state index is 0.149. The molecule has 3 aromatic rings. The number of hydrogen-bond donors (Lipinski definition) is 2. The molecule has 5 nitrogen and oxygen atoms in total. The normalized spacial score (nSPS) is 10.7. The molecule has 0 aliphatic heterocycles. The topological polar surface area (TPSA) is 103 Å². The summed E-state index contributed by atoms with van der Waals surface area (Å²) in [4.78, 5) is 10.6. The Kier molecular flexibility index (Phi) is 5.10. The predicted molar refractivity (Wildman–Crippen MR) is 90.3 cm³/mol. The molecule has 0 aromatic heterocycles. The molecule has 0 bridgehead atoms. The highest BCUT2D eigenvalue weighted by atomic mass is 32.2. The van der Waals surface area contributed by atoms with Gasteiger partial charge < -0.3 is 5.73 Å². The van der Waals surface area contributed by atoms with Gasteiger partial charge >= 0.3 is 0 Å². The van der Waals surface area contributed by atoms with Crippen molar-refractivity contribution in [3.05, 3.63) is 78.4 Å². The van der Waals surface area contributed by atoms with Gasteiger partial charge in [0.05, 0.1) is 4.90 Å². The molecule has 3 aromatic carbocycles. The van der Waals surface area contributed by atoms with Crippen LogP contribution in [0, 0.1) is 0 Å². The quantitative estimate of drug-likeness (QED) is 0.754. The second-order valence-corrected chi connectivity index (χ2v) is 6.35. The van der Waals surface area contributed by atoms with Gasteiger partial charge in [-0.15, -0.1) is 0 Å². The summed E-state index contributed by atoms with van der Waals surface area (Å²) < 4.78 is 22.1. The van der Waals surface area contributed by atoms with Crippen molar-refractivity contribution in [1.82, 2.24) is 0 Å². The van der Waals surface area contributed by atoms with E-state index in [1.54, 1.807) is 36.4 Å². The van der Waals surface area contributed by atoms with E-state index in [1.807, 2.05) is 30.3 Å². The first-order valence-corrected chi connectivity index (χ1v) is 8.29. The molecule has 0 saturated carbocycles. The lowest BCUT2D eigenvalue weighted by molar-refractivity contribution is 0.100. The van der Waals surface area contributed by atoms with Crippen LogP contribution in [0.1, 0.15) is 10.4 Å². The molecule has 0 spiro atoms. The molecule has 0 aliphatic rings. The number of sulfonamides is 1. The molecule has 0 aliphatic carbocycles. The van der Waals surface area contributed by atoms with Crippen molar-refractivity contribution in [3.63, 3.8) is 0 Å². The number of nitrogens with two attached hydrogens (primary N) is 2. The number of rotatable bonds is 2. The van der Waals surface area contributed by atoms with Crippen LogP contribution >= 0.6 is 0 Å². The first kappa shape index (κ1) is 16.7. The van der Waals surface area contributed by atoms with E-state index in [0.29, 0.717) is 5.56 Å². The van der Waals surface area contributed by atoms with E-state index in [-0.39, 0.29) is 10.8 Å². The average molecular weight is 328 g/mol. The standard InChI is InChI=1S/C10H9NO2S.C7H7NO/c11-14(12,13)10-6-5-8-3-1-2-4-9(8)7-10;8-7(9)6-4-2-1-3-5-6/h1-7H,(H2,11,12,13);1-5H,(H2,8,9). The van der Waals surface area contributed by atoms with Gasteiger partial charge in [0.2, 0.25) is 15.9 Å². The summed E-state index contributed by atoms with van der Waals surface area (Å²) >= 11 is 0. The summed E-state index contributed by atoms with van der Waals surface area (Å²) in [5.74, 6) is -0.379. The lowest BCUT2D eigenvalue weighted by Crippen LogP contribution is -2.11. The SMILES string of the molecule is NC(=O)c1ccccc1.NS(=O)(=O)c1ccc2ccccc2c1. The van der Waals surface area contributed by atoms with E-state index in [4.69, 9.17) is 10.9 Å². The summed E-state index contributed by atoms with van der Waals surface area (Å²) in [6.45, 7) is 0. The lowest BCUT2D eigenvalue weighted by atomic mass is 10.1. The van der Waals surface area contributed by atoms with E-state index in [9.17, 15) is 13.2 Å². The van der Waals surface area contributed by atoms with Gasteiger partial charge in [0.1, 0.15) is 0 Å². The number of amides is 1. The predicted octanol–water partition coefficient (Wildman–Crippen LogP) is 2.27. The molecule has 0 heterocycles. The molecule has 118 valence electrons. The highest BCUT2D eigenvalue weighted by Gasteiger charge is 2.07. The second-order valence-electron chi connectivity index (χ2n) is 4.78. The first-order valence-electron chi connectivity index (χ1n) is 6.74. The average Bonchev–Trinajstić information content (AvgIpc) is 2.55. The van der Waals surface area contributed by atoms with Gasteiger partial charge in [-0.3, -0.25) is 4.79 Å². The van der Waals surface area contributed by atoms with Gasteiger partial charge in [-0.25, -0.2) is 13.6 Å². The summed E-state index contributed by atoms with van der Waals surface area (Å²) in [7, 11) is -3.59. The highest BCUT2D eigenvalue weighted by Crippen LogP contribution is 2.17. The van der Waals surface area contributed by atoms with Crippen LogP contribution in [0.4, 0.5) is 0 Å². The summed E-state index contributed by atoms with van der Waals surface area (Å²) in [5, 5.41) is 6.89. The minimum Gasteiger partial charge on any atom is -0.366 e. The van der Waals surface area contributed by atoms with Gasteiger partial charge in [0.25, 0.3) is 0 Å². The van der Waals surface area contributed by atoms with Crippen LogP contribution in [0.2, 0.25) is 0 Å².